The van der Waals surface area contributed by atoms with Gasteiger partial charge in [-0.2, -0.15) is 0 Å². The minimum Gasteiger partial charge on any atom is -0.390 e. The number of nitrogens with zero attached hydrogens (tertiary/aromatic N) is 1. The lowest BCUT2D eigenvalue weighted by Gasteiger charge is -2.48. The summed E-state index contributed by atoms with van der Waals surface area (Å²) in [7, 11) is 0. The summed E-state index contributed by atoms with van der Waals surface area (Å²) in [5, 5.41) is 23.5. The molecule has 0 radical (unpaired) electrons. The molecule has 0 aromatic rings. The average Bonchev–Trinajstić information content (AvgIpc) is 2.40. The van der Waals surface area contributed by atoms with Crippen LogP contribution in [0.2, 0.25) is 0 Å². The van der Waals surface area contributed by atoms with Crippen LogP contribution in [0.4, 0.5) is 0 Å². The van der Waals surface area contributed by atoms with Crippen LogP contribution in [0.5, 0.6) is 0 Å². The van der Waals surface area contributed by atoms with Gasteiger partial charge in [-0.05, 0) is 19.4 Å². The average molecular weight is 239 g/mol. The third kappa shape index (κ3) is 1.17. The Morgan fingerprint density at radius 3 is 3.00 bits per heavy atom. The zero-order valence-electron chi connectivity index (χ0n) is 9.90. The maximum atomic E-state index is 10.6. The number of hydrogen-bond acceptors (Lipinski definition) is 6. The quantitative estimate of drug-likeness (QED) is 0.442. The highest BCUT2D eigenvalue weighted by Gasteiger charge is 2.67. The van der Waals surface area contributed by atoms with Gasteiger partial charge >= 0.3 is 0 Å². The van der Waals surface area contributed by atoms with Crippen molar-refractivity contribution in [3.05, 3.63) is 11.8 Å². The number of aliphatic hydroxyl groups excluding tert-OH is 1. The minimum atomic E-state index is -1.49. The van der Waals surface area contributed by atoms with Crippen molar-refractivity contribution < 1.29 is 14.9 Å². The topological polar surface area (TPSA) is 100 Å². The summed E-state index contributed by atoms with van der Waals surface area (Å²) in [5.41, 5.74) is 4.89. The highest BCUT2D eigenvalue weighted by atomic mass is 16.7. The van der Waals surface area contributed by atoms with Crippen LogP contribution in [0.15, 0.2) is 16.8 Å². The first-order chi connectivity index (χ1) is 7.79. The molecule has 0 unspecified atom stereocenters. The molecule has 2 bridgehead atoms. The van der Waals surface area contributed by atoms with Crippen molar-refractivity contribution in [2.45, 2.75) is 49.7 Å². The molecule has 3 aliphatic heterocycles. The molecule has 3 heterocycles. The summed E-state index contributed by atoms with van der Waals surface area (Å²) in [6.07, 6.45) is 1.73. The van der Waals surface area contributed by atoms with Crippen molar-refractivity contribution in [2.24, 2.45) is 10.7 Å². The third-order valence-corrected chi connectivity index (χ3v) is 4.24. The molecule has 0 amide bonds. The summed E-state index contributed by atoms with van der Waals surface area (Å²) in [5.74, 6) is -1.24. The van der Waals surface area contributed by atoms with E-state index in [2.05, 4.69) is 10.3 Å². The second kappa shape index (κ2) is 2.82. The molecule has 6 heteroatoms. The summed E-state index contributed by atoms with van der Waals surface area (Å²) in [6.45, 7) is 3.59. The molecular weight excluding hydrogens is 222 g/mol. The van der Waals surface area contributed by atoms with Crippen molar-refractivity contribution in [1.82, 2.24) is 5.32 Å². The Hall–Kier alpha value is -1.11. The van der Waals surface area contributed by atoms with Crippen LogP contribution < -0.4 is 11.1 Å². The maximum Gasteiger partial charge on any atom is 0.198 e. The predicted molar refractivity (Wildman–Crippen MR) is 60.9 cm³/mol. The van der Waals surface area contributed by atoms with E-state index >= 15 is 0 Å². The Kier molecular flexibility index (Phi) is 1.83. The fraction of sp³-hybridized carbons (Fsp3) is 0.727. The number of fused-ring (bicyclic) bond motifs is 4. The van der Waals surface area contributed by atoms with E-state index < -0.39 is 23.0 Å². The van der Waals surface area contributed by atoms with Gasteiger partial charge < -0.3 is 26.0 Å². The van der Waals surface area contributed by atoms with Crippen LogP contribution >= 0.6 is 0 Å². The Labute approximate surface area is 99.2 Å². The van der Waals surface area contributed by atoms with Crippen LogP contribution in [-0.4, -0.2) is 39.2 Å². The Balaban J connectivity index is 2.14. The predicted octanol–water partition coefficient (Wildman–Crippen LogP) is -0.821. The first-order valence-electron chi connectivity index (χ1n) is 5.71. The molecule has 0 aliphatic carbocycles. The highest BCUT2D eigenvalue weighted by molar-refractivity contribution is 5.81. The first kappa shape index (κ1) is 11.0. The molecule has 4 atom stereocenters. The van der Waals surface area contributed by atoms with Crippen molar-refractivity contribution >= 4 is 5.96 Å². The fourth-order valence-corrected chi connectivity index (χ4v) is 3.01. The lowest BCUT2D eigenvalue weighted by atomic mass is 9.78. The molecule has 3 rings (SSSR count). The van der Waals surface area contributed by atoms with Gasteiger partial charge in [-0.1, -0.05) is 0 Å². The molecule has 94 valence electrons. The molecule has 0 aromatic heterocycles. The number of nitrogens with one attached hydrogen (secondary N) is 1. The van der Waals surface area contributed by atoms with Gasteiger partial charge in [0.2, 0.25) is 0 Å². The van der Waals surface area contributed by atoms with Gasteiger partial charge in [0.15, 0.2) is 11.7 Å². The monoisotopic (exact) mass is 239 g/mol. The number of aliphatic imine (C=N–C) groups is 1. The number of hydrogen-bond donors (Lipinski definition) is 4. The number of guanidine groups is 1. The van der Waals surface area contributed by atoms with Gasteiger partial charge in [0.25, 0.3) is 0 Å². The number of ether oxygens (including phenoxy) is 1. The molecule has 2 saturated heterocycles. The Morgan fingerprint density at radius 1 is 1.59 bits per heavy atom. The van der Waals surface area contributed by atoms with Crippen molar-refractivity contribution in [1.29, 1.82) is 0 Å². The summed E-state index contributed by atoms with van der Waals surface area (Å²) < 4.78 is 5.68. The SMILES string of the molecule is C[C@]12N=C(N)NC=C1C[C@]1(C)O[C@@]2(O)C[C@@H]1O. The maximum absolute atomic E-state index is 10.6. The lowest BCUT2D eigenvalue weighted by molar-refractivity contribution is -0.263. The van der Waals surface area contributed by atoms with E-state index in [4.69, 9.17) is 10.5 Å². The minimum absolute atomic E-state index is 0.147. The molecule has 5 N–H and O–H groups in total. The van der Waals surface area contributed by atoms with Crippen LogP contribution in [-0.2, 0) is 4.74 Å². The van der Waals surface area contributed by atoms with Crippen molar-refractivity contribution in [3.63, 3.8) is 0 Å². The van der Waals surface area contributed by atoms with Crippen molar-refractivity contribution in [3.8, 4) is 0 Å². The molecule has 0 aromatic carbocycles. The molecule has 0 spiro atoms. The number of aliphatic hydroxyl groups is 2. The molecule has 0 saturated carbocycles. The van der Waals surface area contributed by atoms with Crippen LogP contribution in [0.3, 0.4) is 0 Å². The number of nitrogens with two attached hydrogens (primary N) is 1. The van der Waals surface area contributed by atoms with Gasteiger partial charge in [-0.3, -0.25) is 0 Å². The van der Waals surface area contributed by atoms with Gasteiger partial charge in [0, 0.05) is 19.0 Å². The van der Waals surface area contributed by atoms with E-state index in [1.807, 2.05) is 0 Å². The fourth-order valence-electron chi connectivity index (χ4n) is 3.01. The van der Waals surface area contributed by atoms with E-state index in [0.717, 1.165) is 5.57 Å². The zero-order valence-corrected chi connectivity index (χ0v) is 9.90. The van der Waals surface area contributed by atoms with E-state index in [1.54, 1.807) is 20.0 Å². The molecule has 6 nitrogen and oxygen atoms in total. The van der Waals surface area contributed by atoms with Gasteiger partial charge in [0.1, 0.15) is 5.54 Å². The van der Waals surface area contributed by atoms with E-state index in [0.29, 0.717) is 6.42 Å². The highest BCUT2D eigenvalue weighted by Crippen LogP contribution is 2.55. The van der Waals surface area contributed by atoms with Crippen LogP contribution in [0.1, 0.15) is 26.7 Å². The Morgan fingerprint density at radius 2 is 2.29 bits per heavy atom. The third-order valence-electron chi connectivity index (χ3n) is 4.24. The van der Waals surface area contributed by atoms with E-state index in [1.165, 1.54) is 0 Å². The largest absolute Gasteiger partial charge is 0.390 e. The molecular formula is C11H17N3O3. The normalized spacial score (nSPS) is 52.4. The molecule has 2 fully saturated rings. The van der Waals surface area contributed by atoms with Crippen molar-refractivity contribution in [2.75, 3.05) is 0 Å². The second-order valence-corrected chi connectivity index (χ2v) is 5.48. The summed E-state index contributed by atoms with van der Waals surface area (Å²) in [6, 6.07) is 0. The summed E-state index contributed by atoms with van der Waals surface area (Å²) >= 11 is 0. The zero-order chi connectivity index (χ0) is 12.5. The molecule has 17 heavy (non-hydrogen) atoms. The van der Waals surface area contributed by atoms with E-state index in [9.17, 15) is 10.2 Å². The Bertz CT molecular complexity index is 449. The first-order valence-corrected chi connectivity index (χ1v) is 5.71. The van der Waals surface area contributed by atoms with Crippen LogP contribution in [0, 0.1) is 0 Å². The van der Waals surface area contributed by atoms with Gasteiger partial charge in [0.05, 0.1) is 11.7 Å². The second-order valence-electron chi connectivity index (χ2n) is 5.48. The lowest BCUT2D eigenvalue weighted by Crippen LogP contribution is -2.60. The smallest absolute Gasteiger partial charge is 0.198 e. The molecule has 3 aliphatic rings. The number of rotatable bonds is 0. The van der Waals surface area contributed by atoms with E-state index in [-0.39, 0.29) is 12.4 Å². The standard InChI is InChI=1S/C11H17N3O3/c1-9-3-6-5-13-8(12)14-10(6,2)11(16,17-9)4-7(9)15/h5,7,15-16H,3-4H2,1-2H3,(H3,12,13,14)/t7-,9-,10-,11-/m0/s1. The van der Waals surface area contributed by atoms with Gasteiger partial charge in [-0.25, -0.2) is 4.99 Å². The van der Waals surface area contributed by atoms with Crippen LogP contribution in [0.25, 0.3) is 0 Å². The summed E-state index contributed by atoms with van der Waals surface area (Å²) in [4.78, 5) is 4.28. The van der Waals surface area contributed by atoms with Gasteiger partial charge in [-0.15, -0.1) is 0 Å².